The fourth-order valence-electron chi connectivity index (χ4n) is 5.61. The van der Waals surface area contributed by atoms with Crippen LogP contribution in [0.25, 0.3) is 0 Å². The molecule has 2 aliphatic rings. The SMILES string of the molecule is Cc1cc(C)c(NC(=O)NC(c2ccc(Oc3ccc4c(c3)OCO4)cc2)C2CCCCCC2)c(C)c1. The number of amides is 2. The van der Waals surface area contributed by atoms with E-state index in [0.717, 1.165) is 46.7 Å². The number of urea groups is 1. The Labute approximate surface area is 219 Å². The van der Waals surface area contributed by atoms with Crippen LogP contribution in [0.15, 0.2) is 54.6 Å². The van der Waals surface area contributed by atoms with Crippen LogP contribution in [-0.4, -0.2) is 12.8 Å². The first kappa shape index (κ1) is 25.0. The van der Waals surface area contributed by atoms with Gasteiger partial charge in [0.1, 0.15) is 11.5 Å². The van der Waals surface area contributed by atoms with Crippen molar-refractivity contribution in [3.05, 3.63) is 76.9 Å². The van der Waals surface area contributed by atoms with E-state index >= 15 is 0 Å². The molecule has 1 atom stereocenters. The Bertz CT molecular complexity index is 1220. The number of rotatable bonds is 6. The van der Waals surface area contributed by atoms with E-state index in [4.69, 9.17) is 14.2 Å². The lowest BCUT2D eigenvalue weighted by Crippen LogP contribution is -2.36. The molecule has 0 aromatic heterocycles. The first-order valence-corrected chi connectivity index (χ1v) is 13.3. The molecular formula is C31H36N2O4. The van der Waals surface area contributed by atoms with Crippen LogP contribution in [0.2, 0.25) is 0 Å². The molecule has 3 aromatic carbocycles. The van der Waals surface area contributed by atoms with Crippen molar-refractivity contribution in [3.8, 4) is 23.0 Å². The predicted octanol–water partition coefficient (Wildman–Crippen LogP) is 7.97. The molecule has 3 aromatic rings. The van der Waals surface area contributed by atoms with E-state index in [1.807, 2.05) is 44.2 Å². The van der Waals surface area contributed by atoms with Gasteiger partial charge < -0.3 is 24.8 Å². The number of ether oxygens (including phenoxy) is 3. The molecule has 1 saturated carbocycles. The third-order valence-corrected chi connectivity index (χ3v) is 7.39. The minimum atomic E-state index is -0.162. The summed E-state index contributed by atoms with van der Waals surface area (Å²) in [5, 5.41) is 6.45. The summed E-state index contributed by atoms with van der Waals surface area (Å²) < 4.78 is 16.9. The van der Waals surface area contributed by atoms with E-state index in [9.17, 15) is 4.79 Å². The summed E-state index contributed by atoms with van der Waals surface area (Å²) in [5.74, 6) is 3.25. The van der Waals surface area contributed by atoms with E-state index in [1.165, 1.54) is 31.2 Å². The summed E-state index contributed by atoms with van der Waals surface area (Å²) in [4.78, 5) is 13.2. The summed E-state index contributed by atoms with van der Waals surface area (Å²) in [5.41, 5.74) is 5.32. The topological polar surface area (TPSA) is 68.8 Å². The zero-order valence-electron chi connectivity index (χ0n) is 21.9. The quantitative estimate of drug-likeness (QED) is 0.337. The number of aryl methyl sites for hydroxylation is 3. The molecule has 1 fully saturated rings. The summed E-state index contributed by atoms with van der Waals surface area (Å²) >= 11 is 0. The van der Waals surface area contributed by atoms with Gasteiger partial charge in [0.2, 0.25) is 6.79 Å². The van der Waals surface area contributed by atoms with Crippen LogP contribution in [0, 0.1) is 26.7 Å². The van der Waals surface area contributed by atoms with Crippen LogP contribution < -0.4 is 24.8 Å². The van der Waals surface area contributed by atoms with E-state index in [-0.39, 0.29) is 18.9 Å². The standard InChI is InChI=1S/C31H36N2O4/c1-20-16-21(2)29(22(3)17-20)32-31(34)33-30(23-8-6-4-5-7-9-23)24-10-12-25(13-11-24)37-26-14-15-27-28(18-26)36-19-35-27/h10-18,23,30H,4-9,19H2,1-3H3,(H2,32,33,34). The summed E-state index contributed by atoms with van der Waals surface area (Å²) in [7, 11) is 0. The molecule has 2 amide bonds. The van der Waals surface area contributed by atoms with Crippen LogP contribution in [0.1, 0.15) is 66.8 Å². The zero-order valence-corrected chi connectivity index (χ0v) is 21.9. The molecule has 6 nitrogen and oxygen atoms in total. The van der Waals surface area contributed by atoms with Crippen LogP contribution in [0.4, 0.5) is 10.5 Å². The third-order valence-electron chi connectivity index (χ3n) is 7.39. The van der Waals surface area contributed by atoms with Gasteiger partial charge in [0.05, 0.1) is 6.04 Å². The monoisotopic (exact) mass is 500 g/mol. The van der Waals surface area contributed by atoms with Gasteiger partial charge in [0.25, 0.3) is 0 Å². The van der Waals surface area contributed by atoms with Gasteiger partial charge in [-0.1, -0.05) is 55.5 Å². The number of carbonyl (C=O) groups is 1. The highest BCUT2D eigenvalue weighted by Gasteiger charge is 2.26. The highest BCUT2D eigenvalue weighted by Crippen LogP contribution is 2.38. The van der Waals surface area contributed by atoms with Gasteiger partial charge in [-0.3, -0.25) is 0 Å². The Morgan fingerprint density at radius 3 is 2.19 bits per heavy atom. The molecule has 5 rings (SSSR count). The van der Waals surface area contributed by atoms with Crippen molar-refractivity contribution in [2.24, 2.45) is 5.92 Å². The number of anilines is 1. The molecule has 0 bridgehead atoms. The highest BCUT2D eigenvalue weighted by molar-refractivity contribution is 5.91. The number of benzene rings is 3. The molecule has 0 radical (unpaired) electrons. The molecule has 6 heteroatoms. The molecule has 0 saturated heterocycles. The number of hydrogen-bond acceptors (Lipinski definition) is 4. The van der Waals surface area contributed by atoms with Crippen molar-refractivity contribution in [2.45, 2.75) is 65.3 Å². The van der Waals surface area contributed by atoms with Gasteiger partial charge in [-0.15, -0.1) is 0 Å². The van der Waals surface area contributed by atoms with E-state index in [0.29, 0.717) is 17.4 Å². The van der Waals surface area contributed by atoms with E-state index in [2.05, 4.69) is 41.8 Å². The van der Waals surface area contributed by atoms with Crippen LogP contribution in [-0.2, 0) is 0 Å². The van der Waals surface area contributed by atoms with Crippen molar-refractivity contribution in [2.75, 3.05) is 12.1 Å². The molecule has 1 aliphatic heterocycles. The largest absolute Gasteiger partial charge is 0.457 e. The van der Waals surface area contributed by atoms with Crippen LogP contribution in [0.3, 0.4) is 0 Å². The summed E-state index contributed by atoms with van der Waals surface area (Å²) in [6.07, 6.45) is 7.16. The Morgan fingerprint density at radius 1 is 0.838 bits per heavy atom. The number of hydrogen-bond donors (Lipinski definition) is 2. The lowest BCUT2D eigenvalue weighted by molar-refractivity contribution is 0.174. The molecule has 1 unspecified atom stereocenters. The van der Waals surface area contributed by atoms with Gasteiger partial charge in [0, 0.05) is 11.8 Å². The fraction of sp³-hybridized carbons (Fsp3) is 0.387. The molecule has 194 valence electrons. The Kier molecular flexibility index (Phi) is 7.54. The highest BCUT2D eigenvalue weighted by atomic mass is 16.7. The number of carbonyl (C=O) groups excluding carboxylic acids is 1. The lowest BCUT2D eigenvalue weighted by atomic mass is 9.87. The molecular weight excluding hydrogens is 464 g/mol. The minimum absolute atomic E-state index is 0.0660. The summed E-state index contributed by atoms with van der Waals surface area (Å²) in [6, 6.07) is 17.6. The van der Waals surface area contributed by atoms with Crippen molar-refractivity contribution in [1.29, 1.82) is 0 Å². The number of fused-ring (bicyclic) bond motifs is 1. The van der Waals surface area contributed by atoms with Gasteiger partial charge in [-0.05, 0) is 80.5 Å². The van der Waals surface area contributed by atoms with Gasteiger partial charge in [-0.2, -0.15) is 0 Å². The minimum Gasteiger partial charge on any atom is -0.457 e. The predicted molar refractivity (Wildman–Crippen MR) is 146 cm³/mol. The van der Waals surface area contributed by atoms with Gasteiger partial charge in [-0.25, -0.2) is 4.79 Å². The zero-order chi connectivity index (χ0) is 25.8. The van der Waals surface area contributed by atoms with Gasteiger partial charge in [0.15, 0.2) is 11.5 Å². The first-order chi connectivity index (χ1) is 18.0. The molecule has 1 heterocycles. The third kappa shape index (κ3) is 6.01. The average molecular weight is 501 g/mol. The molecule has 37 heavy (non-hydrogen) atoms. The Hall–Kier alpha value is -3.67. The smallest absolute Gasteiger partial charge is 0.319 e. The molecule has 0 spiro atoms. The van der Waals surface area contributed by atoms with Crippen LogP contribution in [0.5, 0.6) is 23.0 Å². The maximum Gasteiger partial charge on any atom is 0.319 e. The average Bonchev–Trinajstić information content (AvgIpc) is 3.17. The van der Waals surface area contributed by atoms with E-state index in [1.54, 1.807) is 0 Å². The maximum atomic E-state index is 13.2. The first-order valence-electron chi connectivity index (χ1n) is 13.3. The fourth-order valence-corrected chi connectivity index (χ4v) is 5.61. The second-order valence-electron chi connectivity index (χ2n) is 10.3. The van der Waals surface area contributed by atoms with E-state index < -0.39 is 0 Å². The number of nitrogens with one attached hydrogen (secondary N) is 2. The van der Waals surface area contributed by atoms with Crippen molar-refractivity contribution in [1.82, 2.24) is 5.32 Å². The molecule has 2 N–H and O–H groups in total. The van der Waals surface area contributed by atoms with Crippen molar-refractivity contribution < 1.29 is 19.0 Å². The second kappa shape index (κ2) is 11.2. The van der Waals surface area contributed by atoms with Crippen molar-refractivity contribution in [3.63, 3.8) is 0 Å². The summed E-state index contributed by atoms with van der Waals surface area (Å²) in [6.45, 7) is 6.39. The lowest BCUT2D eigenvalue weighted by Gasteiger charge is -2.28. The molecule has 1 aliphatic carbocycles. The Balaban J connectivity index is 1.33. The normalized spacial score (nSPS) is 16.1. The Morgan fingerprint density at radius 2 is 1.49 bits per heavy atom. The van der Waals surface area contributed by atoms with Crippen LogP contribution >= 0.6 is 0 Å². The van der Waals surface area contributed by atoms with Gasteiger partial charge >= 0.3 is 6.03 Å². The maximum absolute atomic E-state index is 13.2. The van der Waals surface area contributed by atoms with Crippen molar-refractivity contribution >= 4 is 11.7 Å². The second-order valence-corrected chi connectivity index (χ2v) is 10.3.